The highest BCUT2D eigenvalue weighted by atomic mass is 16.2. The molecule has 0 spiro atoms. The molecule has 0 aromatic heterocycles. The van der Waals surface area contributed by atoms with Gasteiger partial charge in [0, 0.05) is 6.54 Å². The molecule has 0 atom stereocenters. The van der Waals surface area contributed by atoms with Gasteiger partial charge in [-0.15, -0.1) is 0 Å². The molecular formula is C13H25N3O2. The van der Waals surface area contributed by atoms with Crippen LogP contribution in [-0.2, 0) is 4.79 Å². The smallest absolute Gasteiger partial charge is 0.321 e. The lowest BCUT2D eigenvalue weighted by atomic mass is 10.1. The molecule has 1 aliphatic heterocycles. The van der Waals surface area contributed by atoms with Gasteiger partial charge in [-0.2, -0.15) is 0 Å². The number of nitrogens with zero attached hydrogens (tertiary/aromatic N) is 1. The zero-order chi connectivity index (χ0) is 13.2. The van der Waals surface area contributed by atoms with E-state index in [1.54, 1.807) is 0 Å². The second-order valence-corrected chi connectivity index (χ2v) is 4.85. The number of amides is 3. The molecule has 0 aromatic rings. The van der Waals surface area contributed by atoms with Crippen LogP contribution in [-0.4, -0.2) is 43.0 Å². The third-order valence-electron chi connectivity index (χ3n) is 3.10. The SMILES string of the molecule is CCCNC(=O)NC(=O)CN1CCCCCCC1. The zero-order valence-corrected chi connectivity index (χ0v) is 11.3. The van der Waals surface area contributed by atoms with Gasteiger partial charge in [0.1, 0.15) is 0 Å². The first-order chi connectivity index (χ1) is 8.72. The number of nitrogens with one attached hydrogen (secondary N) is 2. The monoisotopic (exact) mass is 255 g/mol. The number of urea groups is 1. The molecule has 1 saturated heterocycles. The summed E-state index contributed by atoms with van der Waals surface area (Å²) in [5.41, 5.74) is 0. The van der Waals surface area contributed by atoms with Gasteiger partial charge >= 0.3 is 6.03 Å². The van der Waals surface area contributed by atoms with Crippen molar-refractivity contribution < 1.29 is 9.59 Å². The highest BCUT2D eigenvalue weighted by molar-refractivity contribution is 5.95. The van der Waals surface area contributed by atoms with Gasteiger partial charge in [0.2, 0.25) is 5.91 Å². The van der Waals surface area contributed by atoms with Crippen LogP contribution in [0.15, 0.2) is 0 Å². The maximum absolute atomic E-state index is 11.7. The Labute approximate surface area is 109 Å². The minimum absolute atomic E-state index is 0.204. The molecule has 0 aliphatic carbocycles. The molecular weight excluding hydrogens is 230 g/mol. The third-order valence-corrected chi connectivity index (χ3v) is 3.10. The van der Waals surface area contributed by atoms with E-state index in [1.165, 1.54) is 19.3 Å². The first kappa shape index (κ1) is 15.0. The lowest BCUT2D eigenvalue weighted by Crippen LogP contribution is -2.45. The van der Waals surface area contributed by atoms with E-state index in [-0.39, 0.29) is 11.9 Å². The Balaban J connectivity index is 2.22. The van der Waals surface area contributed by atoms with Crippen molar-refractivity contribution >= 4 is 11.9 Å². The van der Waals surface area contributed by atoms with E-state index >= 15 is 0 Å². The summed E-state index contributed by atoms with van der Waals surface area (Å²) >= 11 is 0. The Morgan fingerprint density at radius 1 is 1.06 bits per heavy atom. The van der Waals surface area contributed by atoms with Gasteiger partial charge in [0.05, 0.1) is 6.54 Å². The highest BCUT2D eigenvalue weighted by Crippen LogP contribution is 2.09. The number of rotatable bonds is 4. The molecule has 18 heavy (non-hydrogen) atoms. The van der Waals surface area contributed by atoms with Gasteiger partial charge in [-0.25, -0.2) is 4.79 Å². The predicted molar refractivity (Wildman–Crippen MR) is 71.4 cm³/mol. The average Bonchev–Trinajstić information content (AvgIpc) is 2.29. The minimum atomic E-state index is -0.381. The van der Waals surface area contributed by atoms with E-state index in [4.69, 9.17) is 0 Å². The quantitative estimate of drug-likeness (QED) is 0.800. The first-order valence-corrected chi connectivity index (χ1v) is 7.02. The minimum Gasteiger partial charge on any atom is -0.338 e. The fraction of sp³-hybridized carbons (Fsp3) is 0.846. The molecule has 0 unspecified atom stereocenters. The van der Waals surface area contributed by atoms with Crippen LogP contribution >= 0.6 is 0 Å². The van der Waals surface area contributed by atoms with Crippen LogP contribution in [0.5, 0.6) is 0 Å². The molecule has 0 saturated carbocycles. The van der Waals surface area contributed by atoms with Crippen molar-refractivity contribution in [3.63, 3.8) is 0 Å². The Hall–Kier alpha value is -1.10. The fourth-order valence-electron chi connectivity index (χ4n) is 2.12. The summed E-state index contributed by atoms with van der Waals surface area (Å²) in [7, 11) is 0. The summed E-state index contributed by atoms with van der Waals surface area (Å²) < 4.78 is 0. The van der Waals surface area contributed by atoms with Crippen molar-refractivity contribution in [1.29, 1.82) is 0 Å². The molecule has 104 valence electrons. The van der Waals surface area contributed by atoms with Gasteiger partial charge in [-0.05, 0) is 32.4 Å². The summed E-state index contributed by atoms with van der Waals surface area (Å²) in [4.78, 5) is 25.1. The molecule has 5 heteroatoms. The van der Waals surface area contributed by atoms with Crippen molar-refractivity contribution in [2.24, 2.45) is 0 Å². The number of hydrogen-bond acceptors (Lipinski definition) is 3. The van der Waals surface area contributed by atoms with E-state index in [1.807, 2.05) is 6.92 Å². The molecule has 0 radical (unpaired) electrons. The maximum Gasteiger partial charge on any atom is 0.321 e. The summed E-state index contributed by atoms with van der Waals surface area (Å²) in [6.45, 7) is 4.83. The normalized spacial score (nSPS) is 17.6. The largest absolute Gasteiger partial charge is 0.338 e. The van der Waals surface area contributed by atoms with Crippen molar-refractivity contribution in [3.8, 4) is 0 Å². The lowest BCUT2D eigenvalue weighted by molar-refractivity contribution is -0.121. The number of carbonyl (C=O) groups excluding carboxylic acids is 2. The molecule has 1 rings (SSSR count). The summed E-state index contributed by atoms with van der Waals surface area (Å²) in [6, 6.07) is -0.381. The lowest BCUT2D eigenvalue weighted by Gasteiger charge is -2.23. The Bertz CT molecular complexity index is 261. The maximum atomic E-state index is 11.7. The van der Waals surface area contributed by atoms with Crippen LogP contribution in [0.25, 0.3) is 0 Å². The van der Waals surface area contributed by atoms with Crippen LogP contribution in [0.3, 0.4) is 0 Å². The van der Waals surface area contributed by atoms with Gasteiger partial charge in [-0.1, -0.05) is 26.2 Å². The van der Waals surface area contributed by atoms with Gasteiger partial charge < -0.3 is 5.32 Å². The van der Waals surface area contributed by atoms with E-state index in [0.717, 1.165) is 32.4 Å². The van der Waals surface area contributed by atoms with Crippen molar-refractivity contribution in [2.45, 2.75) is 45.4 Å². The molecule has 0 aromatic carbocycles. The third kappa shape index (κ3) is 6.59. The van der Waals surface area contributed by atoms with Crippen LogP contribution in [0.2, 0.25) is 0 Å². The fourth-order valence-corrected chi connectivity index (χ4v) is 2.12. The predicted octanol–water partition coefficient (Wildman–Crippen LogP) is 1.49. The van der Waals surface area contributed by atoms with Gasteiger partial charge in [0.15, 0.2) is 0 Å². The summed E-state index contributed by atoms with van der Waals surface area (Å²) in [5.74, 6) is -0.204. The first-order valence-electron chi connectivity index (χ1n) is 7.02. The number of carbonyl (C=O) groups is 2. The summed E-state index contributed by atoms with van der Waals surface area (Å²) in [6.07, 6.45) is 6.96. The zero-order valence-electron chi connectivity index (χ0n) is 11.3. The van der Waals surface area contributed by atoms with Gasteiger partial charge in [0.25, 0.3) is 0 Å². The molecule has 3 amide bonds. The topological polar surface area (TPSA) is 61.4 Å². The average molecular weight is 255 g/mol. The number of imide groups is 1. The van der Waals surface area contributed by atoms with E-state index in [9.17, 15) is 9.59 Å². The van der Waals surface area contributed by atoms with Crippen molar-refractivity contribution in [1.82, 2.24) is 15.5 Å². The number of hydrogen-bond donors (Lipinski definition) is 2. The molecule has 5 nitrogen and oxygen atoms in total. The van der Waals surface area contributed by atoms with Crippen LogP contribution in [0.4, 0.5) is 4.79 Å². The highest BCUT2D eigenvalue weighted by Gasteiger charge is 2.13. The van der Waals surface area contributed by atoms with E-state index in [0.29, 0.717) is 13.1 Å². The standard InChI is InChI=1S/C13H25N3O2/c1-2-8-14-13(18)15-12(17)11-16-9-6-4-3-5-7-10-16/h2-11H2,1H3,(H2,14,15,17,18). The van der Waals surface area contributed by atoms with Crippen LogP contribution in [0, 0.1) is 0 Å². The Kier molecular flexibility index (Phi) is 7.41. The van der Waals surface area contributed by atoms with Crippen LogP contribution in [0.1, 0.15) is 45.4 Å². The second-order valence-electron chi connectivity index (χ2n) is 4.85. The molecule has 2 N–H and O–H groups in total. The van der Waals surface area contributed by atoms with Gasteiger partial charge in [-0.3, -0.25) is 15.0 Å². The van der Waals surface area contributed by atoms with Crippen molar-refractivity contribution in [2.75, 3.05) is 26.2 Å². The van der Waals surface area contributed by atoms with E-state index < -0.39 is 0 Å². The number of likely N-dealkylation sites (tertiary alicyclic amines) is 1. The Morgan fingerprint density at radius 3 is 2.28 bits per heavy atom. The molecule has 1 fully saturated rings. The van der Waals surface area contributed by atoms with E-state index in [2.05, 4.69) is 15.5 Å². The second kappa shape index (κ2) is 8.91. The Morgan fingerprint density at radius 2 is 1.67 bits per heavy atom. The summed E-state index contributed by atoms with van der Waals surface area (Å²) in [5, 5.41) is 5.00. The molecule has 1 aliphatic rings. The molecule has 1 heterocycles. The van der Waals surface area contributed by atoms with Crippen LogP contribution < -0.4 is 10.6 Å². The molecule has 0 bridgehead atoms. The van der Waals surface area contributed by atoms with Crippen molar-refractivity contribution in [3.05, 3.63) is 0 Å².